The number of nitro benzene ring substituents is 1. The molecule has 3 aromatic carbocycles. The zero-order valence-corrected chi connectivity index (χ0v) is 18.9. The van der Waals surface area contributed by atoms with E-state index >= 15 is 0 Å². The zero-order chi connectivity index (χ0) is 24.5. The minimum Gasteiger partial charge on any atom is -0.395 e. The van der Waals surface area contributed by atoms with Gasteiger partial charge in [0.2, 0.25) is 0 Å². The highest BCUT2D eigenvalue weighted by Crippen LogP contribution is 2.26. The van der Waals surface area contributed by atoms with Gasteiger partial charge in [-0.15, -0.1) is 0 Å². The van der Waals surface area contributed by atoms with Gasteiger partial charge >= 0.3 is 0 Å². The Morgan fingerprint density at radius 1 is 0.912 bits per heavy atom. The summed E-state index contributed by atoms with van der Waals surface area (Å²) < 4.78 is 6.08. The SMILES string of the molecule is Cc1ccc([C@H](OC[C@H](O)CN[C@@H](CO)[C@H](O)c2ccc([N+](=O)[O-])cc2)c2ccccc2)cc1. The van der Waals surface area contributed by atoms with E-state index in [1.165, 1.54) is 24.3 Å². The van der Waals surface area contributed by atoms with Crippen LogP contribution in [0, 0.1) is 17.0 Å². The molecule has 0 saturated carbocycles. The van der Waals surface area contributed by atoms with Crippen molar-refractivity contribution in [1.29, 1.82) is 0 Å². The summed E-state index contributed by atoms with van der Waals surface area (Å²) in [5.74, 6) is 0. The van der Waals surface area contributed by atoms with Gasteiger partial charge in [0.05, 0.1) is 36.4 Å². The molecule has 3 rings (SSSR count). The van der Waals surface area contributed by atoms with Gasteiger partial charge in [0.25, 0.3) is 5.69 Å². The molecule has 4 N–H and O–H groups in total. The molecule has 34 heavy (non-hydrogen) atoms. The van der Waals surface area contributed by atoms with E-state index in [1.807, 2.05) is 61.5 Å². The van der Waals surface area contributed by atoms with E-state index in [9.17, 15) is 25.4 Å². The number of aryl methyl sites for hydroxylation is 1. The van der Waals surface area contributed by atoms with Crippen molar-refractivity contribution >= 4 is 5.69 Å². The molecule has 8 heteroatoms. The number of hydrogen-bond donors (Lipinski definition) is 4. The molecule has 0 fully saturated rings. The van der Waals surface area contributed by atoms with Gasteiger partial charge in [0, 0.05) is 18.7 Å². The average Bonchev–Trinajstić information content (AvgIpc) is 2.86. The first-order chi connectivity index (χ1) is 16.4. The maximum atomic E-state index is 10.8. The number of nitrogens with zero attached hydrogens (tertiary/aromatic N) is 1. The van der Waals surface area contributed by atoms with Gasteiger partial charge in [0.1, 0.15) is 6.10 Å². The van der Waals surface area contributed by atoms with E-state index in [0.29, 0.717) is 5.56 Å². The zero-order valence-electron chi connectivity index (χ0n) is 18.9. The van der Waals surface area contributed by atoms with Gasteiger partial charge in [-0.25, -0.2) is 0 Å². The fraction of sp³-hybridized carbons (Fsp3) is 0.308. The number of rotatable bonds is 12. The van der Waals surface area contributed by atoms with Crippen molar-refractivity contribution in [1.82, 2.24) is 5.32 Å². The van der Waals surface area contributed by atoms with E-state index < -0.39 is 23.2 Å². The van der Waals surface area contributed by atoms with Crippen molar-refractivity contribution in [3.63, 3.8) is 0 Å². The molecular formula is C26H30N2O6. The van der Waals surface area contributed by atoms with Crippen molar-refractivity contribution in [2.24, 2.45) is 0 Å². The second kappa shape index (κ2) is 12.4. The minimum atomic E-state index is -1.11. The quantitative estimate of drug-likeness (QED) is 0.239. The number of nitrogens with one attached hydrogen (secondary N) is 1. The Kier molecular flexibility index (Phi) is 9.26. The third-order valence-electron chi connectivity index (χ3n) is 5.58. The van der Waals surface area contributed by atoms with Crippen LogP contribution in [-0.4, -0.2) is 52.1 Å². The first-order valence-electron chi connectivity index (χ1n) is 11.1. The third kappa shape index (κ3) is 6.93. The minimum absolute atomic E-state index is 0.0339. The van der Waals surface area contributed by atoms with Crippen LogP contribution in [0.2, 0.25) is 0 Å². The monoisotopic (exact) mass is 466 g/mol. The van der Waals surface area contributed by atoms with Crippen LogP contribution in [0.4, 0.5) is 5.69 Å². The van der Waals surface area contributed by atoms with Crippen LogP contribution in [0.1, 0.15) is 34.5 Å². The molecule has 4 atom stereocenters. The molecule has 0 bridgehead atoms. The van der Waals surface area contributed by atoms with Gasteiger partial charge in [-0.3, -0.25) is 10.1 Å². The Balaban J connectivity index is 1.59. The summed E-state index contributed by atoms with van der Waals surface area (Å²) in [5.41, 5.74) is 3.42. The van der Waals surface area contributed by atoms with E-state index in [0.717, 1.165) is 16.7 Å². The smallest absolute Gasteiger partial charge is 0.269 e. The molecular weight excluding hydrogens is 436 g/mol. The number of aliphatic hydroxyl groups is 3. The van der Waals surface area contributed by atoms with Crippen LogP contribution in [0.5, 0.6) is 0 Å². The molecule has 0 aromatic heterocycles. The van der Waals surface area contributed by atoms with E-state index in [4.69, 9.17) is 4.74 Å². The van der Waals surface area contributed by atoms with Crippen LogP contribution in [0.3, 0.4) is 0 Å². The lowest BCUT2D eigenvalue weighted by molar-refractivity contribution is -0.384. The molecule has 8 nitrogen and oxygen atoms in total. The second-order valence-electron chi connectivity index (χ2n) is 8.18. The predicted octanol–water partition coefficient (Wildman–Crippen LogP) is 3.05. The second-order valence-corrected chi connectivity index (χ2v) is 8.18. The first kappa shape index (κ1) is 25.5. The lowest BCUT2D eigenvalue weighted by Crippen LogP contribution is -2.43. The van der Waals surface area contributed by atoms with E-state index in [2.05, 4.69) is 5.32 Å². The van der Waals surface area contributed by atoms with Gasteiger partial charge < -0.3 is 25.4 Å². The molecule has 3 aromatic rings. The molecule has 0 amide bonds. The maximum absolute atomic E-state index is 10.8. The Hall–Kier alpha value is -3.14. The number of benzene rings is 3. The summed E-state index contributed by atoms with van der Waals surface area (Å²) in [4.78, 5) is 10.3. The summed E-state index contributed by atoms with van der Waals surface area (Å²) in [5, 5.41) is 44.5. The Morgan fingerprint density at radius 3 is 2.09 bits per heavy atom. The third-order valence-corrected chi connectivity index (χ3v) is 5.58. The van der Waals surface area contributed by atoms with Crippen LogP contribution < -0.4 is 5.32 Å². The van der Waals surface area contributed by atoms with Crippen molar-refractivity contribution < 1.29 is 25.0 Å². The largest absolute Gasteiger partial charge is 0.395 e. The predicted molar refractivity (Wildman–Crippen MR) is 128 cm³/mol. The molecule has 0 spiro atoms. The fourth-order valence-corrected chi connectivity index (χ4v) is 3.61. The molecule has 0 aliphatic heterocycles. The molecule has 180 valence electrons. The number of nitro groups is 1. The summed E-state index contributed by atoms with van der Waals surface area (Å²) in [7, 11) is 0. The maximum Gasteiger partial charge on any atom is 0.269 e. The standard InChI is InChI=1S/C26H30N2O6/c1-18-7-9-21(10-8-18)26(20-5-3-2-4-6-20)34-17-23(30)15-27-24(16-29)25(31)19-11-13-22(14-12-19)28(32)33/h2-14,23-27,29-31H,15-17H2,1H3/t23-,24+,25-,26-/m1/s1. The topological polar surface area (TPSA) is 125 Å². The van der Waals surface area contributed by atoms with Crippen molar-refractivity contribution in [2.45, 2.75) is 31.3 Å². The number of aliphatic hydroxyl groups excluding tert-OH is 3. The number of non-ortho nitro benzene ring substituents is 1. The van der Waals surface area contributed by atoms with E-state index in [1.54, 1.807) is 0 Å². The summed E-state index contributed by atoms with van der Waals surface area (Å²) in [6.07, 6.45) is -2.35. The van der Waals surface area contributed by atoms with Crippen molar-refractivity contribution in [3.05, 3.63) is 111 Å². The highest BCUT2D eigenvalue weighted by molar-refractivity contribution is 5.34. The molecule has 0 radical (unpaired) electrons. The Morgan fingerprint density at radius 2 is 1.50 bits per heavy atom. The van der Waals surface area contributed by atoms with Crippen LogP contribution in [0.25, 0.3) is 0 Å². The van der Waals surface area contributed by atoms with Crippen molar-refractivity contribution in [3.8, 4) is 0 Å². The van der Waals surface area contributed by atoms with E-state index in [-0.39, 0.29) is 31.5 Å². The number of ether oxygens (including phenoxy) is 1. The first-order valence-corrected chi connectivity index (χ1v) is 11.1. The van der Waals surface area contributed by atoms with Gasteiger partial charge in [-0.1, -0.05) is 60.2 Å². The molecule has 0 aliphatic carbocycles. The lowest BCUT2D eigenvalue weighted by Gasteiger charge is -2.25. The van der Waals surface area contributed by atoms with Crippen LogP contribution in [-0.2, 0) is 4.74 Å². The molecule has 0 saturated heterocycles. The molecule has 0 unspecified atom stereocenters. The molecule has 0 aliphatic rings. The highest BCUT2D eigenvalue weighted by Gasteiger charge is 2.22. The highest BCUT2D eigenvalue weighted by atomic mass is 16.6. The van der Waals surface area contributed by atoms with Crippen LogP contribution >= 0.6 is 0 Å². The normalized spacial score (nSPS) is 14.8. The summed E-state index contributed by atoms with van der Waals surface area (Å²) >= 11 is 0. The Labute approximate surface area is 198 Å². The number of hydrogen-bond acceptors (Lipinski definition) is 7. The van der Waals surface area contributed by atoms with Crippen molar-refractivity contribution in [2.75, 3.05) is 19.8 Å². The van der Waals surface area contributed by atoms with Gasteiger partial charge in [-0.05, 0) is 35.7 Å². The summed E-state index contributed by atoms with van der Waals surface area (Å²) in [6.45, 7) is 1.74. The van der Waals surface area contributed by atoms with Crippen LogP contribution in [0.15, 0.2) is 78.9 Å². The molecule has 0 heterocycles. The Bertz CT molecular complexity index is 1030. The summed E-state index contributed by atoms with van der Waals surface area (Å²) in [6, 6.07) is 22.5. The lowest BCUT2D eigenvalue weighted by atomic mass is 10.0. The van der Waals surface area contributed by atoms with Gasteiger partial charge in [-0.2, -0.15) is 0 Å². The van der Waals surface area contributed by atoms with Gasteiger partial charge in [0.15, 0.2) is 0 Å². The fourth-order valence-electron chi connectivity index (χ4n) is 3.61. The average molecular weight is 467 g/mol.